The van der Waals surface area contributed by atoms with Gasteiger partial charge in [0.2, 0.25) is 0 Å². The van der Waals surface area contributed by atoms with Gasteiger partial charge in [-0.1, -0.05) is 47.5 Å². The Bertz CT molecular complexity index is 1170. The fraction of sp³-hybridized carbons (Fsp3) is 0.0952. The summed E-state index contributed by atoms with van der Waals surface area (Å²) < 4.78 is 32.9. The van der Waals surface area contributed by atoms with Crippen molar-refractivity contribution in [2.45, 2.75) is 11.8 Å². The monoisotopic (exact) mass is 464 g/mol. The SMILES string of the molecule is Cc1ccc(NC(=O)COc2ccc(S(=O)(=O)Nc3ccccc3)cc2Cl)cc1Cl. The van der Waals surface area contributed by atoms with Crippen molar-refractivity contribution in [1.29, 1.82) is 0 Å². The second kappa shape index (κ2) is 9.38. The Morgan fingerprint density at radius 3 is 2.33 bits per heavy atom. The van der Waals surface area contributed by atoms with Gasteiger partial charge in [0.1, 0.15) is 5.75 Å². The van der Waals surface area contributed by atoms with E-state index in [1.807, 2.05) is 6.92 Å². The number of halogens is 2. The van der Waals surface area contributed by atoms with Crippen LogP contribution in [0.5, 0.6) is 5.75 Å². The van der Waals surface area contributed by atoms with Crippen LogP contribution in [-0.4, -0.2) is 20.9 Å². The maximum absolute atomic E-state index is 12.5. The second-order valence-electron chi connectivity index (χ2n) is 6.36. The molecule has 1 amide bonds. The van der Waals surface area contributed by atoms with E-state index >= 15 is 0 Å². The molecule has 0 fully saturated rings. The zero-order valence-electron chi connectivity index (χ0n) is 15.9. The zero-order chi connectivity index (χ0) is 21.7. The lowest BCUT2D eigenvalue weighted by Crippen LogP contribution is -2.20. The number of nitrogens with one attached hydrogen (secondary N) is 2. The highest BCUT2D eigenvalue weighted by Crippen LogP contribution is 2.28. The topological polar surface area (TPSA) is 84.5 Å². The highest BCUT2D eigenvalue weighted by molar-refractivity contribution is 7.92. The molecule has 0 saturated carbocycles. The number of hydrogen-bond acceptors (Lipinski definition) is 4. The van der Waals surface area contributed by atoms with E-state index in [1.54, 1.807) is 48.5 Å². The molecule has 0 unspecified atom stereocenters. The van der Waals surface area contributed by atoms with E-state index in [4.69, 9.17) is 27.9 Å². The van der Waals surface area contributed by atoms with Gasteiger partial charge in [-0.2, -0.15) is 0 Å². The summed E-state index contributed by atoms with van der Waals surface area (Å²) in [4.78, 5) is 12.1. The van der Waals surface area contributed by atoms with Gasteiger partial charge in [0.25, 0.3) is 15.9 Å². The Kier molecular flexibility index (Phi) is 6.87. The maximum Gasteiger partial charge on any atom is 0.262 e. The molecule has 3 rings (SSSR count). The predicted molar refractivity (Wildman–Crippen MR) is 119 cm³/mol. The fourth-order valence-corrected chi connectivity index (χ4v) is 4.06. The standard InChI is InChI=1S/C21H18Cl2N2O4S/c1-14-7-8-16(11-18(14)22)24-21(26)13-29-20-10-9-17(12-19(20)23)30(27,28)25-15-5-3-2-4-6-15/h2-12,25H,13H2,1H3,(H,24,26). The van der Waals surface area contributed by atoms with Gasteiger partial charge in [-0.25, -0.2) is 8.42 Å². The molecule has 0 radical (unpaired) electrons. The third-order valence-corrected chi connectivity index (χ3v) is 6.14. The van der Waals surface area contributed by atoms with Gasteiger partial charge in [-0.3, -0.25) is 9.52 Å². The normalized spacial score (nSPS) is 11.0. The summed E-state index contributed by atoms with van der Waals surface area (Å²) in [6, 6.07) is 17.7. The van der Waals surface area contributed by atoms with Crippen LogP contribution >= 0.6 is 23.2 Å². The quantitative estimate of drug-likeness (QED) is 0.507. The van der Waals surface area contributed by atoms with E-state index in [2.05, 4.69) is 10.0 Å². The first kappa shape index (κ1) is 22.0. The smallest absolute Gasteiger partial charge is 0.262 e. The van der Waals surface area contributed by atoms with Crippen LogP contribution in [0.1, 0.15) is 5.56 Å². The van der Waals surface area contributed by atoms with Gasteiger partial charge in [0, 0.05) is 16.4 Å². The molecule has 3 aromatic carbocycles. The van der Waals surface area contributed by atoms with Gasteiger partial charge in [-0.15, -0.1) is 0 Å². The molecular weight excluding hydrogens is 447 g/mol. The summed E-state index contributed by atoms with van der Waals surface area (Å²) in [6.45, 7) is 1.55. The van der Waals surface area contributed by atoms with Crippen LogP contribution in [-0.2, 0) is 14.8 Å². The number of sulfonamides is 1. The van der Waals surface area contributed by atoms with Gasteiger partial charge >= 0.3 is 0 Å². The van der Waals surface area contributed by atoms with Crippen LogP contribution in [0.2, 0.25) is 10.0 Å². The Hall–Kier alpha value is -2.74. The highest BCUT2D eigenvalue weighted by atomic mass is 35.5. The minimum Gasteiger partial charge on any atom is -0.482 e. The Morgan fingerprint density at radius 1 is 0.933 bits per heavy atom. The van der Waals surface area contributed by atoms with Crippen molar-refractivity contribution in [2.24, 2.45) is 0 Å². The van der Waals surface area contributed by atoms with Crippen LogP contribution in [0.3, 0.4) is 0 Å². The van der Waals surface area contributed by atoms with E-state index in [-0.39, 0.29) is 22.3 Å². The van der Waals surface area contributed by atoms with Crippen LogP contribution in [0.25, 0.3) is 0 Å². The molecule has 0 saturated heterocycles. The Labute approximate surface area is 184 Å². The number of anilines is 2. The van der Waals surface area contributed by atoms with Gasteiger partial charge in [0.05, 0.1) is 9.92 Å². The van der Waals surface area contributed by atoms with Gasteiger partial charge < -0.3 is 10.1 Å². The zero-order valence-corrected chi connectivity index (χ0v) is 18.2. The molecular formula is C21H18Cl2N2O4S. The lowest BCUT2D eigenvalue weighted by atomic mass is 10.2. The summed E-state index contributed by atoms with van der Waals surface area (Å²) in [6.07, 6.45) is 0. The molecule has 0 aromatic heterocycles. The minimum atomic E-state index is -3.81. The molecule has 0 spiro atoms. The fourth-order valence-electron chi connectivity index (χ4n) is 2.50. The summed E-state index contributed by atoms with van der Waals surface area (Å²) in [7, 11) is -3.81. The maximum atomic E-state index is 12.5. The Morgan fingerprint density at radius 2 is 1.67 bits per heavy atom. The lowest BCUT2D eigenvalue weighted by Gasteiger charge is -2.12. The molecule has 0 aliphatic heterocycles. The van der Waals surface area contributed by atoms with Crippen molar-refractivity contribution in [2.75, 3.05) is 16.6 Å². The number of ether oxygens (including phenoxy) is 1. The number of para-hydroxylation sites is 1. The highest BCUT2D eigenvalue weighted by Gasteiger charge is 2.17. The first-order chi connectivity index (χ1) is 14.2. The number of aryl methyl sites for hydroxylation is 1. The number of hydrogen-bond donors (Lipinski definition) is 2. The molecule has 0 atom stereocenters. The molecule has 0 aliphatic rings. The molecule has 0 bridgehead atoms. The first-order valence-electron chi connectivity index (χ1n) is 8.81. The average Bonchev–Trinajstić information content (AvgIpc) is 2.70. The van der Waals surface area contributed by atoms with Crippen LogP contribution in [0, 0.1) is 6.92 Å². The van der Waals surface area contributed by atoms with Gasteiger partial charge in [-0.05, 0) is 55.0 Å². The molecule has 9 heteroatoms. The van der Waals surface area contributed by atoms with Gasteiger partial charge in [0.15, 0.2) is 6.61 Å². The van der Waals surface area contributed by atoms with Crippen LogP contribution in [0.15, 0.2) is 71.6 Å². The van der Waals surface area contributed by atoms with E-state index in [0.29, 0.717) is 16.4 Å². The van der Waals surface area contributed by atoms with E-state index < -0.39 is 15.9 Å². The first-order valence-corrected chi connectivity index (χ1v) is 11.0. The van der Waals surface area contributed by atoms with Crippen molar-refractivity contribution >= 4 is 50.5 Å². The molecule has 6 nitrogen and oxygen atoms in total. The molecule has 156 valence electrons. The van der Waals surface area contributed by atoms with E-state index in [0.717, 1.165) is 5.56 Å². The van der Waals surface area contributed by atoms with Crippen molar-refractivity contribution in [3.8, 4) is 5.75 Å². The molecule has 0 aliphatic carbocycles. The molecule has 0 heterocycles. The summed E-state index contributed by atoms with van der Waals surface area (Å²) in [5.74, 6) is -0.221. The summed E-state index contributed by atoms with van der Waals surface area (Å²) in [5, 5.41) is 3.27. The number of benzene rings is 3. The van der Waals surface area contributed by atoms with E-state index in [1.165, 1.54) is 18.2 Å². The van der Waals surface area contributed by atoms with Crippen molar-refractivity contribution in [1.82, 2.24) is 0 Å². The second-order valence-corrected chi connectivity index (χ2v) is 8.86. The number of amides is 1. The van der Waals surface area contributed by atoms with Crippen molar-refractivity contribution in [3.05, 3.63) is 82.3 Å². The predicted octanol–water partition coefficient (Wildman–Crippen LogP) is 5.12. The van der Waals surface area contributed by atoms with Crippen LogP contribution in [0.4, 0.5) is 11.4 Å². The van der Waals surface area contributed by atoms with Crippen molar-refractivity contribution < 1.29 is 17.9 Å². The molecule has 3 aromatic rings. The van der Waals surface area contributed by atoms with Crippen LogP contribution < -0.4 is 14.8 Å². The van der Waals surface area contributed by atoms with E-state index in [9.17, 15) is 13.2 Å². The number of carbonyl (C=O) groups is 1. The summed E-state index contributed by atoms with van der Waals surface area (Å²) >= 11 is 12.2. The Balaban J connectivity index is 1.63. The number of rotatable bonds is 7. The summed E-state index contributed by atoms with van der Waals surface area (Å²) in [5.41, 5.74) is 1.87. The third kappa shape index (κ3) is 5.66. The van der Waals surface area contributed by atoms with Crippen molar-refractivity contribution in [3.63, 3.8) is 0 Å². The number of carbonyl (C=O) groups excluding carboxylic acids is 1. The molecule has 2 N–H and O–H groups in total. The third-order valence-electron chi connectivity index (χ3n) is 4.05. The molecule has 30 heavy (non-hydrogen) atoms. The lowest BCUT2D eigenvalue weighted by molar-refractivity contribution is -0.118. The minimum absolute atomic E-state index is 0.0255. The largest absolute Gasteiger partial charge is 0.482 e. The average molecular weight is 465 g/mol.